The van der Waals surface area contributed by atoms with E-state index in [9.17, 15) is 0 Å². The second-order valence-corrected chi connectivity index (χ2v) is 7.89. The Morgan fingerprint density at radius 3 is 2.92 bits per heavy atom. The Bertz CT molecular complexity index is 915. The minimum absolute atomic E-state index is 0.308. The average molecular weight is 421 g/mol. The lowest BCUT2D eigenvalue weighted by molar-refractivity contribution is 0.228. The van der Waals surface area contributed by atoms with Crippen LogP contribution in [0.2, 0.25) is 0 Å². The Balaban J connectivity index is 1.91. The van der Waals surface area contributed by atoms with Gasteiger partial charge in [-0.15, -0.1) is 21.5 Å². The zero-order valence-corrected chi connectivity index (χ0v) is 16.1. The Morgan fingerprint density at radius 2 is 2.17 bits per heavy atom. The van der Waals surface area contributed by atoms with Gasteiger partial charge in [-0.3, -0.25) is 0 Å². The van der Waals surface area contributed by atoms with Crippen LogP contribution in [-0.2, 0) is 0 Å². The number of aryl methyl sites for hydroxylation is 1. The third kappa shape index (κ3) is 2.78. The molecular formula is C16H13BrN4OS2. The molecule has 0 saturated carbocycles. The van der Waals surface area contributed by atoms with E-state index in [1.165, 1.54) is 17.3 Å². The van der Waals surface area contributed by atoms with E-state index in [4.69, 9.17) is 4.74 Å². The predicted molar refractivity (Wildman–Crippen MR) is 101 cm³/mol. The van der Waals surface area contributed by atoms with Crippen LogP contribution in [-0.4, -0.2) is 21.4 Å². The van der Waals surface area contributed by atoms with E-state index in [0.717, 1.165) is 20.6 Å². The van der Waals surface area contributed by atoms with Gasteiger partial charge in [0, 0.05) is 15.7 Å². The number of benzene rings is 1. The lowest BCUT2D eigenvalue weighted by Crippen LogP contribution is -2.16. The van der Waals surface area contributed by atoms with Gasteiger partial charge in [0.25, 0.3) is 0 Å². The number of hydrogen-bond donors (Lipinski definition) is 1. The Kier molecular flexibility index (Phi) is 4.19. The maximum Gasteiger partial charge on any atom is 0.247 e. The molecule has 3 heterocycles. The number of ether oxygens (including phenoxy) is 1. The molecule has 24 heavy (non-hydrogen) atoms. The summed E-state index contributed by atoms with van der Waals surface area (Å²) in [5.41, 5.74) is 3.70. The van der Waals surface area contributed by atoms with Gasteiger partial charge in [0.15, 0.2) is 5.69 Å². The summed E-state index contributed by atoms with van der Waals surface area (Å²) in [5, 5.41) is 14.6. The molecule has 1 atom stereocenters. The monoisotopic (exact) mass is 420 g/mol. The van der Waals surface area contributed by atoms with Gasteiger partial charge in [0.2, 0.25) is 17.3 Å². The largest absolute Gasteiger partial charge is 0.447 e. The third-order valence-electron chi connectivity index (χ3n) is 3.71. The molecule has 0 amide bonds. The van der Waals surface area contributed by atoms with Crippen LogP contribution in [0, 0.1) is 6.92 Å². The Hall–Kier alpha value is -1.64. The summed E-state index contributed by atoms with van der Waals surface area (Å²) in [6.45, 7) is 2.08. The lowest BCUT2D eigenvalue weighted by atomic mass is 10.1. The van der Waals surface area contributed by atoms with E-state index in [1.54, 1.807) is 11.3 Å². The summed E-state index contributed by atoms with van der Waals surface area (Å²) >= 11 is 6.63. The van der Waals surface area contributed by atoms with Crippen molar-refractivity contribution in [3.8, 4) is 17.1 Å². The molecule has 0 fully saturated rings. The number of hydrogen-bond acceptors (Lipinski definition) is 7. The highest BCUT2D eigenvalue weighted by Gasteiger charge is 2.27. The van der Waals surface area contributed by atoms with Crippen molar-refractivity contribution < 1.29 is 4.74 Å². The average Bonchev–Trinajstić information content (AvgIpc) is 2.94. The maximum atomic E-state index is 6.20. The van der Waals surface area contributed by atoms with Gasteiger partial charge in [-0.25, -0.2) is 0 Å². The highest BCUT2D eigenvalue weighted by atomic mass is 79.9. The fourth-order valence-corrected chi connectivity index (χ4v) is 4.09. The van der Waals surface area contributed by atoms with E-state index in [1.807, 2.05) is 24.5 Å². The molecule has 5 nitrogen and oxygen atoms in total. The van der Waals surface area contributed by atoms with Crippen LogP contribution in [0.3, 0.4) is 0 Å². The van der Waals surface area contributed by atoms with E-state index >= 15 is 0 Å². The van der Waals surface area contributed by atoms with Crippen molar-refractivity contribution >= 4 is 44.7 Å². The van der Waals surface area contributed by atoms with E-state index < -0.39 is 0 Å². The number of thiophene rings is 1. The number of nitrogens with zero attached hydrogens (tertiary/aromatic N) is 3. The summed E-state index contributed by atoms with van der Waals surface area (Å²) < 4.78 is 7.17. The highest BCUT2D eigenvalue weighted by Crippen LogP contribution is 2.41. The standard InChI is InChI=1S/C16H13BrN4OS2/c1-8-5-6-24-13(8)15-18-11-4-3-9(17)7-10(11)12-14(22-15)19-16(23-2)21-20-12/h3-7,15,18H,1-2H3/t15-/m1/s1. The topological polar surface area (TPSA) is 59.9 Å². The van der Waals surface area contributed by atoms with Gasteiger partial charge in [0.1, 0.15) is 0 Å². The summed E-state index contributed by atoms with van der Waals surface area (Å²) in [5.74, 6) is 0.497. The highest BCUT2D eigenvalue weighted by molar-refractivity contribution is 9.10. The van der Waals surface area contributed by atoms with E-state index in [-0.39, 0.29) is 6.23 Å². The molecule has 8 heteroatoms. The molecule has 0 radical (unpaired) electrons. The van der Waals surface area contributed by atoms with Crippen LogP contribution in [0.15, 0.2) is 39.3 Å². The fraction of sp³-hybridized carbons (Fsp3) is 0.188. The van der Waals surface area contributed by atoms with Crippen LogP contribution >= 0.6 is 39.0 Å². The lowest BCUT2D eigenvalue weighted by Gasteiger charge is -2.18. The predicted octanol–water partition coefficient (Wildman–Crippen LogP) is 4.90. The van der Waals surface area contributed by atoms with Crippen molar-refractivity contribution in [1.29, 1.82) is 0 Å². The molecule has 0 saturated heterocycles. The van der Waals surface area contributed by atoms with Crippen molar-refractivity contribution in [1.82, 2.24) is 15.2 Å². The first-order valence-corrected chi connectivity index (χ1v) is 10.1. The summed E-state index contributed by atoms with van der Waals surface area (Å²) in [6.07, 6.45) is 1.61. The molecule has 1 N–H and O–H groups in total. The molecule has 122 valence electrons. The van der Waals surface area contributed by atoms with Gasteiger partial charge in [-0.05, 0) is 48.4 Å². The van der Waals surface area contributed by atoms with E-state index in [0.29, 0.717) is 16.7 Å². The van der Waals surface area contributed by atoms with Gasteiger partial charge in [0.05, 0.1) is 4.88 Å². The second kappa shape index (κ2) is 6.34. The quantitative estimate of drug-likeness (QED) is 0.595. The number of anilines is 1. The zero-order valence-electron chi connectivity index (χ0n) is 12.9. The van der Waals surface area contributed by atoms with Gasteiger partial charge in [-0.2, -0.15) is 4.98 Å². The van der Waals surface area contributed by atoms with Gasteiger partial charge < -0.3 is 10.1 Å². The molecule has 0 bridgehead atoms. The number of rotatable bonds is 2. The first kappa shape index (κ1) is 15.9. The van der Waals surface area contributed by atoms with Crippen molar-refractivity contribution in [3.05, 3.63) is 44.6 Å². The Labute approximate surface area is 156 Å². The summed E-state index contributed by atoms with van der Waals surface area (Å²) in [4.78, 5) is 5.65. The first-order chi connectivity index (χ1) is 11.7. The van der Waals surface area contributed by atoms with Crippen molar-refractivity contribution in [2.75, 3.05) is 11.6 Å². The number of fused-ring (bicyclic) bond motifs is 3. The fourth-order valence-electron chi connectivity index (χ4n) is 2.53. The van der Waals surface area contributed by atoms with Crippen molar-refractivity contribution in [2.24, 2.45) is 0 Å². The molecule has 0 spiro atoms. The summed E-state index contributed by atoms with van der Waals surface area (Å²) in [6, 6.07) is 8.10. The number of thioether (sulfide) groups is 1. The first-order valence-electron chi connectivity index (χ1n) is 7.21. The van der Waals surface area contributed by atoms with Gasteiger partial charge >= 0.3 is 0 Å². The molecule has 4 rings (SSSR count). The Morgan fingerprint density at radius 1 is 1.29 bits per heavy atom. The molecule has 1 aromatic carbocycles. The summed E-state index contributed by atoms with van der Waals surface area (Å²) in [7, 11) is 0. The zero-order chi connectivity index (χ0) is 16.7. The smallest absolute Gasteiger partial charge is 0.247 e. The number of halogens is 1. The van der Waals surface area contributed by atoms with Crippen LogP contribution in [0.5, 0.6) is 5.88 Å². The number of nitrogens with one attached hydrogen (secondary N) is 1. The minimum Gasteiger partial charge on any atom is -0.447 e. The third-order valence-corrected chi connectivity index (χ3v) is 5.80. The van der Waals surface area contributed by atoms with Gasteiger partial charge in [-0.1, -0.05) is 27.7 Å². The molecule has 2 aromatic heterocycles. The molecule has 1 aliphatic rings. The molecule has 0 unspecified atom stereocenters. The van der Waals surface area contributed by atoms with E-state index in [2.05, 4.69) is 54.8 Å². The number of aromatic nitrogens is 3. The van der Waals surface area contributed by atoms with Crippen LogP contribution in [0.25, 0.3) is 11.3 Å². The molecule has 1 aliphatic heterocycles. The maximum absolute atomic E-state index is 6.20. The van der Waals surface area contributed by atoms with Crippen LogP contribution < -0.4 is 10.1 Å². The molecule has 0 aliphatic carbocycles. The SMILES string of the molecule is CSc1nnc2c(n1)O[C@H](c1sccc1C)Nc1ccc(Br)cc1-2. The second-order valence-electron chi connectivity index (χ2n) is 5.25. The molecule has 3 aromatic rings. The van der Waals surface area contributed by atoms with Crippen molar-refractivity contribution in [2.45, 2.75) is 18.3 Å². The molecular weight excluding hydrogens is 408 g/mol. The van der Waals surface area contributed by atoms with Crippen molar-refractivity contribution in [3.63, 3.8) is 0 Å². The normalized spacial score (nSPS) is 15.7. The minimum atomic E-state index is -0.308. The van der Waals surface area contributed by atoms with Crippen LogP contribution in [0.1, 0.15) is 16.7 Å². The van der Waals surface area contributed by atoms with Crippen LogP contribution in [0.4, 0.5) is 5.69 Å².